The summed E-state index contributed by atoms with van der Waals surface area (Å²) in [5, 5.41) is 8.09. The normalized spacial score (nSPS) is 11.7. The molecular formula is C22H25Cl2N3O6. The highest BCUT2D eigenvalue weighted by atomic mass is 35.5. The molecule has 0 aromatic heterocycles. The van der Waals surface area contributed by atoms with E-state index in [-0.39, 0.29) is 16.4 Å². The predicted octanol–water partition coefficient (Wildman–Crippen LogP) is 5.38. The summed E-state index contributed by atoms with van der Waals surface area (Å²) in [7, 11) is 2.91. The van der Waals surface area contributed by atoms with Gasteiger partial charge in [-0.1, -0.05) is 11.6 Å². The van der Waals surface area contributed by atoms with Gasteiger partial charge in [-0.05, 0) is 32.9 Å². The average Bonchev–Trinajstić information content (AvgIpc) is 2.80. The Balaban J connectivity index is 2.40. The van der Waals surface area contributed by atoms with Gasteiger partial charge in [0.1, 0.15) is 22.9 Å². The van der Waals surface area contributed by atoms with E-state index in [0.29, 0.717) is 36.2 Å². The molecule has 0 saturated carbocycles. The lowest BCUT2D eigenvalue weighted by molar-refractivity contribution is -0.126. The van der Waals surface area contributed by atoms with Gasteiger partial charge in [0.15, 0.2) is 17.3 Å². The maximum absolute atomic E-state index is 13.1. The van der Waals surface area contributed by atoms with E-state index in [2.05, 4.69) is 10.2 Å². The second-order valence-electron chi connectivity index (χ2n) is 6.50. The molecule has 0 bridgehead atoms. The summed E-state index contributed by atoms with van der Waals surface area (Å²) < 4.78 is 22.2. The standard InChI is InChI=1S/C22H25Cl2N3O6/c1-6-32-14-8-9-18(33-7-2)17(10-14)27(24)22(29)21(13(3)28)26-25-16-12-20(31-5)19(30-4)11-15(16)23/h8-12,21H,6-7H2,1-5H3. The summed E-state index contributed by atoms with van der Waals surface area (Å²) in [5.74, 6) is 0.183. The van der Waals surface area contributed by atoms with Crippen molar-refractivity contribution < 1.29 is 28.5 Å². The van der Waals surface area contributed by atoms with Crippen molar-refractivity contribution in [2.75, 3.05) is 31.9 Å². The first-order chi connectivity index (χ1) is 15.8. The molecule has 0 aliphatic heterocycles. The molecule has 0 fully saturated rings. The number of nitrogens with zero attached hydrogens (tertiary/aromatic N) is 3. The van der Waals surface area contributed by atoms with Crippen molar-refractivity contribution in [1.82, 2.24) is 0 Å². The molecule has 11 heteroatoms. The van der Waals surface area contributed by atoms with Crippen LogP contribution >= 0.6 is 23.4 Å². The fourth-order valence-electron chi connectivity index (χ4n) is 2.76. The molecular weight excluding hydrogens is 473 g/mol. The lowest BCUT2D eigenvalue weighted by atomic mass is 10.2. The van der Waals surface area contributed by atoms with E-state index in [1.54, 1.807) is 25.1 Å². The van der Waals surface area contributed by atoms with Crippen molar-refractivity contribution in [3.05, 3.63) is 35.4 Å². The summed E-state index contributed by atoms with van der Waals surface area (Å²) in [6.45, 7) is 5.58. The van der Waals surface area contributed by atoms with Crippen LogP contribution in [0.5, 0.6) is 23.0 Å². The third kappa shape index (κ3) is 6.49. The smallest absolute Gasteiger partial charge is 0.276 e. The summed E-state index contributed by atoms with van der Waals surface area (Å²) >= 11 is 12.6. The average molecular weight is 498 g/mol. The number of ether oxygens (including phenoxy) is 4. The number of amides is 1. The topological polar surface area (TPSA) is 99.0 Å². The number of carbonyl (C=O) groups is 2. The largest absolute Gasteiger partial charge is 0.494 e. The van der Waals surface area contributed by atoms with Crippen LogP contribution < -0.4 is 23.4 Å². The number of carbonyl (C=O) groups excluding carboxylic acids is 2. The minimum Gasteiger partial charge on any atom is -0.494 e. The second-order valence-corrected chi connectivity index (χ2v) is 7.25. The predicted molar refractivity (Wildman–Crippen MR) is 126 cm³/mol. The van der Waals surface area contributed by atoms with Gasteiger partial charge in [-0.25, -0.2) is 4.42 Å². The SMILES string of the molecule is CCOc1ccc(OCC)c(N(Cl)C(=O)C(N=Nc2cc(OC)c(OC)cc2Cl)C(C)=O)c1. The van der Waals surface area contributed by atoms with Crippen LogP contribution in [0, 0.1) is 0 Å². The Kier molecular flexibility index (Phi) is 9.74. The fraction of sp³-hybridized carbons (Fsp3) is 0.364. The highest BCUT2D eigenvalue weighted by Gasteiger charge is 2.31. The van der Waals surface area contributed by atoms with Gasteiger partial charge in [-0.15, -0.1) is 0 Å². The lowest BCUT2D eigenvalue weighted by Gasteiger charge is -2.20. The molecule has 1 atom stereocenters. The Morgan fingerprint density at radius 1 is 1.00 bits per heavy atom. The van der Waals surface area contributed by atoms with Crippen LogP contribution in [0.15, 0.2) is 40.6 Å². The van der Waals surface area contributed by atoms with Crippen LogP contribution in [0.3, 0.4) is 0 Å². The molecule has 0 saturated heterocycles. The van der Waals surface area contributed by atoms with Crippen LogP contribution in [-0.4, -0.2) is 45.2 Å². The van der Waals surface area contributed by atoms with Gasteiger partial charge in [-0.2, -0.15) is 10.2 Å². The van der Waals surface area contributed by atoms with Gasteiger partial charge < -0.3 is 18.9 Å². The molecule has 2 aromatic rings. The van der Waals surface area contributed by atoms with Crippen molar-refractivity contribution in [2.24, 2.45) is 10.2 Å². The lowest BCUT2D eigenvalue weighted by Crippen LogP contribution is -2.36. The van der Waals surface area contributed by atoms with Gasteiger partial charge in [0, 0.05) is 30.0 Å². The first-order valence-corrected chi connectivity index (χ1v) is 10.7. The summed E-state index contributed by atoms with van der Waals surface area (Å²) in [6.07, 6.45) is 0. The molecule has 0 spiro atoms. The zero-order chi connectivity index (χ0) is 24.5. The maximum Gasteiger partial charge on any atom is 0.276 e. The molecule has 0 N–H and O–H groups in total. The Morgan fingerprint density at radius 2 is 1.64 bits per heavy atom. The molecule has 0 aliphatic carbocycles. The van der Waals surface area contributed by atoms with Crippen LogP contribution in [-0.2, 0) is 9.59 Å². The Labute approximate surface area is 202 Å². The van der Waals surface area contributed by atoms with Gasteiger partial charge in [-0.3, -0.25) is 9.59 Å². The minimum absolute atomic E-state index is 0.183. The Bertz CT molecular complexity index is 1030. The number of anilines is 1. The van der Waals surface area contributed by atoms with E-state index in [9.17, 15) is 9.59 Å². The summed E-state index contributed by atoms with van der Waals surface area (Å²) in [4.78, 5) is 25.3. The van der Waals surface area contributed by atoms with Crippen molar-refractivity contribution in [2.45, 2.75) is 26.8 Å². The van der Waals surface area contributed by atoms with Crippen molar-refractivity contribution in [3.63, 3.8) is 0 Å². The minimum atomic E-state index is -1.52. The van der Waals surface area contributed by atoms with Gasteiger partial charge in [0.25, 0.3) is 5.91 Å². The number of methoxy groups -OCH3 is 2. The van der Waals surface area contributed by atoms with Crippen LogP contribution in [0.4, 0.5) is 11.4 Å². The summed E-state index contributed by atoms with van der Waals surface area (Å²) in [6, 6.07) is 6.30. The maximum atomic E-state index is 13.1. The van der Waals surface area contributed by atoms with E-state index < -0.39 is 17.7 Å². The van der Waals surface area contributed by atoms with E-state index in [0.717, 1.165) is 4.42 Å². The van der Waals surface area contributed by atoms with E-state index in [4.69, 9.17) is 42.3 Å². The number of rotatable bonds is 11. The zero-order valence-electron chi connectivity index (χ0n) is 18.9. The zero-order valence-corrected chi connectivity index (χ0v) is 20.4. The quantitative estimate of drug-likeness (QED) is 0.234. The molecule has 178 valence electrons. The molecule has 2 rings (SSSR count). The van der Waals surface area contributed by atoms with Crippen molar-refractivity contribution >= 4 is 46.4 Å². The van der Waals surface area contributed by atoms with Gasteiger partial charge >= 0.3 is 0 Å². The van der Waals surface area contributed by atoms with E-state index in [1.165, 1.54) is 33.3 Å². The highest BCUT2D eigenvalue weighted by molar-refractivity contribution is 6.39. The molecule has 1 unspecified atom stereocenters. The molecule has 33 heavy (non-hydrogen) atoms. The van der Waals surface area contributed by atoms with Crippen LogP contribution in [0.2, 0.25) is 5.02 Å². The molecule has 0 aliphatic rings. The first-order valence-electron chi connectivity index (χ1n) is 9.99. The van der Waals surface area contributed by atoms with Gasteiger partial charge in [0.05, 0.1) is 32.5 Å². The van der Waals surface area contributed by atoms with E-state index >= 15 is 0 Å². The number of hydrogen-bond donors (Lipinski definition) is 0. The molecule has 0 radical (unpaired) electrons. The number of Topliss-reactive ketones (excluding diaryl/α,β-unsaturated/α-hetero) is 1. The third-order valence-electron chi connectivity index (χ3n) is 4.30. The number of halogens is 2. The highest BCUT2D eigenvalue weighted by Crippen LogP contribution is 2.38. The van der Waals surface area contributed by atoms with Crippen LogP contribution in [0.1, 0.15) is 20.8 Å². The fourth-order valence-corrected chi connectivity index (χ4v) is 3.17. The van der Waals surface area contributed by atoms with Crippen molar-refractivity contribution in [3.8, 4) is 23.0 Å². The monoisotopic (exact) mass is 497 g/mol. The number of benzene rings is 2. The number of hydrogen-bond acceptors (Lipinski definition) is 8. The molecule has 2 aromatic carbocycles. The molecule has 9 nitrogen and oxygen atoms in total. The summed E-state index contributed by atoms with van der Waals surface area (Å²) in [5.41, 5.74) is 0.392. The number of ketones is 1. The molecule has 1 amide bonds. The van der Waals surface area contributed by atoms with Crippen LogP contribution in [0.25, 0.3) is 0 Å². The number of azo groups is 1. The van der Waals surface area contributed by atoms with Gasteiger partial charge in [0.2, 0.25) is 6.04 Å². The van der Waals surface area contributed by atoms with E-state index in [1.807, 2.05) is 6.92 Å². The Hall–Kier alpha value is -3.04. The third-order valence-corrected chi connectivity index (χ3v) is 4.95. The first kappa shape index (κ1) is 26.2. The second kappa shape index (κ2) is 12.3. The molecule has 0 heterocycles. The Morgan fingerprint density at radius 3 is 2.21 bits per heavy atom. The van der Waals surface area contributed by atoms with Crippen molar-refractivity contribution in [1.29, 1.82) is 0 Å².